The van der Waals surface area contributed by atoms with Gasteiger partial charge < -0.3 is 4.74 Å². The van der Waals surface area contributed by atoms with E-state index in [0.717, 1.165) is 44.8 Å². The van der Waals surface area contributed by atoms with Gasteiger partial charge in [-0.25, -0.2) is 4.98 Å². The van der Waals surface area contributed by atoms with Crippen molar-refractivity contribution in [2.75, 3.05) is 18.1 Å². The maximum absolute atomic E-state index is 13.3. The van der Waals surface area contributed by atoms with Gasteiger partial charge in [-0.2, -0.15) is 0 Å². The largest absolute Gasteiger partial charge is 0.376 e. The number of fused-ring (bicyclic) bond motifs is 1. The van der Waals surface area contributed by atoms with Gasteiger partial charge in [-0.3, -0.25) is 9.69 Å². The van der Waals surface area contributed by atoms with Crippen molar-refractivity contribution in [3.05, 3.63) is 57.6 Å². The van der Waals surface area contributed by atoms with Crippen LogP contribution in [0.3, 0.4) is 0 Å². The van der Waals surface area contributed by atoms with Gasteiger partial charge in [0, 0.05) is 16.6 Å². The van der Waals surface area contributed by atoms with E-state index in [9.17, 15) is 4.79 Å². The Labute approximate surface area is 171 Å². The molecule has 1 fully saturated rings. The molecule has 2 heterocycles. The first-order valence-electron chi connectivity index (χ1n) is 9.08. The second kappa shape index (κ2) is 7.70. The number of hydrogen-bond acceptors (Lipinski definition) is 4. The highest BCUT2D eigenvalue weighted by Gasteiger charge is 2.27. The normalized spacial score (nSPS) is 16.8. The Morgan fingerprint density at radius 3 is 2.78 bits per heavy atom. The van der Waals surface area contributed by atoms with Gasteiger partial charge in [0.1, 0.15) is 0 Å². The lowest BCUT2D eigenvalue weighted by Crippen LogP contribution is -2.37. The summed E-state index contributed by atoms with van der Waals surface area (Å²) >= 11 is 5.00. The fraction of sp³-hybridized carbons (Fsp3) is 0.333. The smallest absolute Gasteiger partial charge is 0.260 e. The summed E-state index contributed by atoms with van der Waals surface area (Å²) in [6.45, 7) is 5.46. The highest BCUT2D eigenvalue weighted by molar-refractivity contribution is 9.10. The molecule has 0 spiro atoms. The molecule has 6 heteroatoms. The standard InChI is InChI=1S/C21H21BrN2O2S/c1-13-10-14(2)19-18(11-13)27-21(23-19)24(12-17-4-3-9-26-17)20(25)15-5-7-16(22)8-6-15/h5-8,10-11,17H,3-4,9,12H2,1-2H3. The molecular weight excluding hydrogens is 424 g/mol. The second-order valence-electron chi connectivity index (χ2n) is 6.98. The highest BCUT2D eigenvalue weighted by atomic mass is 79.9. The lowest BCUT2D eigenvalue weighted by Gasteiger charge is -2.23. The number of carbonyl (C=O) groups is 1. The predicted molar refractivity (Wildman–Crippen MR) is 114 cm³/mol. The molecule has 2 aromatic carbocycles. The molecule has 1 aromatic heterocycles. The minimum Gasteiger partial charge on any atom is -0.376 e. The van der Waals surface area contributed by atoms with Crippen molar-refractivity contribution in [3.63, 3.8) is 0 Å². The van der Waals surface area contributed by atoms with E-state index in [-0.39, 0.29) is 12.0 Å². The Balaban J connectivity index is 1.74. The molecule has 0 N–H and O–H groups in total. The van der Waals surface area contributed by atoms with Gasteiger partial charge in [0.25, 0.3) is 5.91 Å². The van der Waals surface area contributed by atoms with E-state index in [1.807, 2.05) is 24.3 Å². The lowest BCUT2D eigenvalue weighted by atomic mass is 10.1. The molecule has 3 aromatic rings. The monoisotopic (exact) mass is 444 g/mol. The van der Waals surface area contributed by atoms with Crippen molar-refractivity contribution in [1.82, 2.24) is 4.98 Å². The molecule has 1 aliphatic rings. The maximum Gasteiger partial charge on any atom is 0.260 e. The number of aromatic nitrogens is 1. The Hall–Kier alpha value is -1.76. The summed E-state index contributed by atoms with van der Waals surface area (Å²) < 4.78 is 7.87. The Morgan fingerprint density at radius 1 is 1.30 bits per heavy atom. The van der Waals surface area contributed by atoms with Crippen LogP contribution in [0.2, 0.25) is 0 Å². The Bertz CT molecular complexity index is 978. The molecular formula is C21H21BrN2O2S. The minimum absolute atomic E-state index is 0.0357. The zero-order chi connectivity index (χ0) is 19.0. The number of aryl methyl sites for hydroxylation is 2. The van der Waals surface area contributed by atoms with Crippen LogP contribution in [0.5, 0.6) is 0 Å². The first-order chi connectivity index (χ1) is 13.0. The van der Waals surface area contributed by atoms with Crippen molar-refractivity contribution >= 4 is 48.5 Å². The van der Waals surface area contributed by atoms with Crippen LogP contribution in [-0.4, -0.2) is 30.1 Å². The minimum atomic E-state index is -0.0357. The highest BCUT2D eigenvalue weighted by Crippen LogP contribution is 2.33. The van der Waals surface area contributed by atoms with Gasteiger partial charge in [0.2, 0.25) is 0 Å². The summed E-state index contributed by atoms with van der Waals surface area (Å²) in [7, 11) is 0. The van der Waals surface area contributed by atoms with Gasteiger partial charge in [-0.05, 0) is 68.1 Å². The number of anilines is 1. The van der Waals surface area contributed by atoms with Gasteiger partial charge in [-0.15, -0.1) is 0 Å². The third-order valence-electron chi connectivity index (χ3n) is 4.80. The summed E-state index contributed by atoms with van der Waals surface area (Å²) in [4.78, 5) is 19.9. The van der Waals surface area contributed by atoms with Crippen LogP contribution in [0.15, 0.2) is 40.9 Å². The van der Waals surface area contributed by atoms with Crippen LogP contribution < -0.4 is 4.90 Å². The molecule has 0 bridgehead atoms. The van der Waals surface area contributed by atoms with Crippen LogP contribution in [-0.2, 0) is 4.74 Å². The van der Waals surface area contributed by atoms with E-state index in [2.05, 4.69) is 41.9 Å². The van der Waals surface area contributed by atoms with Crippen LogP contribution in [0.4, 0.5) is 5.13 Å². The predicted octanol–water partition coefficient (Wildman–Crippen LogP) is 5.50. The number of nitrogens with zero attached hydrogens (tertiary/aromatic N) is 2. The molecule has 0 aliphatic carbocycles. The van der Waals surface area contributed by atoms with Crippen molar-refractivity contribution in [1.29, 1.82) is 0 Å². The number of benzene rings is 2. The third-order valence-corrected chi connectivity index (χ3v) is 6.35. The quantitative estimate of drug-likeness (QED) is 0.533. The van der Waals surface area contributed by atoms with Gasteiger partial charge >= 0.3 is 0 Å². The van der Waals surface area contributed by atoms with Crippen molar-refractivity contribution < 1.29 is 9.53 Å². The molecule has 27 heavy (non-hydrogen) atoms. The van der Waals surface area contributed by atoms with Gasteiger partial charge in [-0.1, -0.05) is 33.3 Å². The lowest BCUT2D eigenvalue weighted by molar-refractivity contribution is 0.0917. The van der Waals surface area contributed by atoms with E-state index in [1.165, 1.54) is 5.56 Å². The van der Waals surface area contributed by atoms with E-state index < -0.39 is 0 Å². The van der Waals surface area contributed by atoms with Crippen LogP contribution in [0.1, 0.15) is 34.3 Å². The zero-order valence-corrected chi connectivity index (χ0v) is 17.8. The molecule has 1 amide bonds. The summed E-state index contributed by atoms with van der Waals surface area (Å²) in [5, 5.41) is 0.738. The Kier molecular flexibility index (Phi) is 5.30. The van der Waals surface area contributed by atoms with Crippen LogP contribution in [0, 0.1) is 13.8 Å². The van der Waals surface area contributed by atoms with E-state index >= 15 is 0 Å². The van der Waals surface area contributed by atoms with Crippen molar-refractivity contribution in [2.24, 2.45) is 0 Å². The first kappa shape index (κ1) is 18.6. The van der Waals surface area contributed by atoms with Crippen LogP contribution in [0.25, 0.3) is 10.2 Å². The maximum atomic E-state index is 13.3. The SMILES string of the molecule is Cc1cc(C)c2nc(N(CC3CCCO3)C(=O)c3ccc(Br)cc3)sc2c1. The van der Waals surface area contributed by atoms with Gasteiger partial charge in [0.15, 0.2) is 5.13 Å². The molecule has 1 unspecified atom stereocenters. The van der Waals surface area contributed by atoms with E-state index in [1.54, 1.807) is 16.2 Å². The number of hydrogen-bond donors (Lipinski definition) is 0. The fourth-order valence-corrected chi connectivity index (χ4v) is 4.88. The molecule has 140 valence electrons. The summed E-state index contributed by atoms with van der Waals surface area (Å²) in [5.41, 5.74) is 3.98. The molecule has 4 nitrogen and oxygen atoms in total. The van der Waals surface area contributed by atoms with Crippen molar-refractivity contribution in [3.8, 4) is 0 Å². The van der Waals surface area contributed by atoms with Gasteiger partial charge in [0.05, 0.1) is 22.9 Å². The molecule has 1 atom stereocenters. The average Bonchev–Trinajstić information content (AvgIpc) is 3.29. The molecule has 4 rings (SSSR count). The summed E-state index contributed by atoms with van der Waals surface area (Å²) in [6.07, 6.45) is 2.09. The molecule has 0 radical (unpaired) electrons. The van der Waals surface area contributed by atoms with E-state index in [4.69, 9.17) is 9.72 Å². The molecule has 1 saturated heterocycles. The van der Waals surface area contributed by atoms with Crippen molar-refractivity contribution in [2.45, 2.75) is 32.8 Å². The van der Waals surface area contributed by atoms with Crippen LogP contribution >= 0.6 is 27.3 Å². The Morgan fingerprint density at radius 2 is 2.07 bits per heavy atom. The van der Waals surface area contributed by atoms with E-state index in [0.29, 0.717) is 12.1 Å². The number of amides is 1. The fourth-order valence-electron chi connectivity index (χ4n) is 3.46. The summed E-state index contributed by atoms with van der Waals surface area (Å²) in [6, 6.07) is 11.7. The number of rotatable bonds is 4. The topological polar surface area (TPSA) is 42.4 Å². The number of ether oxygens (including phenoxy) is 1. The third kappa shape index (κ3) is 3.93. The zero-order valence-electron chi connectivity index (χ0n) is 15.4. The number of carbonyl (C=O) groups excluding carboxylic acids is 1. The number of halogens is 1. The summed E-state index contributed by atoms with van der Waals surface area (Å²) in [5.74, 6) is -0.0357. The molecule has 1 aliphatic heterocycles. The first-order valence-corrected chi connectivity index (χ1v) is 10.7. The molecule has 0 saturated carbocycles. The average molecular weight is 445 g/mol. The number of thiazole rings is 1. The second-order valence-corrected chi connectivity index (χ2v) is 8.91.